The first kappa shape index (κ1) is 31.1. The van der Waals surface area contributed by atoms with E-state index in [-0.39, 0.29) is 11.8 Å². The van der Waals surface area contributed by atoms with Crippen molar-refractivity contribution in [1.29, 1.82) is 0 Å². The van der Waals surface area contributed by atoms with Crippen LogP contribution in [0.2, 0.25) is 0 Å². The summed E-state index contributed by atoms with van der Waals surface area (Å²) in [4.78, 5) is 30.0. The Hall–Kier alpha value is -6.52. The number of para-hydroxylation sites is 1. The van der Waals surface area contributed by atoms with E-state index in [0.717, 1.165) is 45.0 Å². The standard InChI is InChI=1S/C45H34N2O2/c1-33(48)46(41-15-9-4-10-16-41)42-27-21-38(22-28-42)39-25-31-44(32-26-39)47(45(49)40-13-7-3-8-14-40)43-29-23-37(24-30-43)36-19-17-35(18-20-36)34-11-5-2-6-12-34/h2-32H,1H3. The number of carbonyl (C=O) groups excluding carboxylic acids is 2. The smallest absolute Gasteiger partial charge is 0.262 e. The van der Waals surface area contributed by atoms with Gasteiger partial charge in [-0.3, -0.25) is 19.4 Å². The van der Waals surface area contributed by atoms with Crippen LogP contribution < -0.4 is 9.80 Å². The van der Waals surface area contributed by atoms with Crippen LogP contribution in [0.5, 0.6) is 0 Å². The van der Waals surface area contributed by atoms with Gasteiger partial charge in [-0.25, -0.2) is 0 Å². The highest BCUT2D eigenvalue weighted by atomic mass is 16.2. The fourth-order valence-electron chi connectivity index (χ4n) is 6.08. The third-order valence-electron chi connectivity index (χ3n) is 8.59. The molecule has 0 bridgehead atoms. The lowest BCUT2D eigenvalue weighted by molar-refractivity contribution is -0.115. The minimum absolute atomic E-state index is 0.0551. The van der Waals surface area contributed by atoms with E-state index in [1.807, 2.05) is 140 Å². The van der Waals surface area contributed by atoms with Crippen molar-refractivity contribution in [2.45, 2.75) is 6.92 Å². The number of amides is 2. The SMILES string of the molecule is CC(=O)N(c1ccccc1)c1ccc(-c2ccc(N(C(=O)c3ccccc3)c3ccc(-c4ccc(-c5ccccc5)cc4)cc3)cc2)cc1. The van der Waals surface area contributed by atoms with E-state index in [9.17, 15) is 9.59 Å². The molecule has 0 spiro atoms. The number of benzene rings is 7. The molecule has 236 valence electrons. The average Bonchev–Trinajstić information content (AvgIpc) is 3.17. The summed E-state index contributed by atoms with van der Waals surface area (Å²) in [6.45, 7) is 1.57. The van der Waals surface area contributed by atoms with Crippen LogP contribution in [0.15, 0.2) is 188 Å². The van der Waals surface area contributed by atoms with E-state index in [0.29, 0.717) is 5.56 Å². The van der Waals surface area contributed by atoms with E-state index in [1.54, 1.807) is 16.7 Å². The summed E-state index contributed by atoms with van der Waals surface area (Å²) >= 11 is 0. The Labute approximate surface area is 287 Å². The fraction of sp³-hybridized carbons (Fsp3) is 0.0222. The van der Waals surface area contributed by atoms with Gasteiger partial charge in [0.25, 0.3) is 5.91 Å². The van der Waals surface area contributed by atoms with Gasteiger partial charge in [0.1, 0.15) is 0 Å². The Balaban J connectivity index is 1.16. The second-order valence-corrected chi connectivity index (χ2v) is 11.8. The number of anilines is 4. The van der Waals surface area contributed by atoms with Crippen molar-refractivity contribution >= 4 is 34.6 Å². The molecule has 0 unspecified atom stereocenters. The Morgan fingerprint density at radius 1 is 0.327 bits per heavy atom. The maximum atomic E-state index is 14.0. The van der Waals surface area contributed by atoms with Crippen molar-refractivity contribution in [1.82, 2.24) is 0 Å². The monoisotopic (exact) mass is 634 g/mol. The van der Waals surface area contributed by atoms with Crippen LogP contribution in [0.4, 0.5) is 22.7 Å². The van der Waals surface area contributed by atoms with Gasteiger partial charge in [-0.05, 0) is 94.0 Å². The predicted molar refractivity (Wildman–Crippen MR) is 201 cm³/mol. The Bertz CT molecular complexity index is 2160. The minimum Gasteiger partial charge on any atom is -0.281 e. The molecule has 0 aliphatic rings. The average molecular weight is 635 g/mol. The molecule has 0 heterocycles. The van der Waals surface area contributed by atoms with Gasteiger partial charge in [0.15, 0.2) is 0 Å². The molecule has 0 N–H and O–H groups in total. The molecular formula is C45H34N2O2. The highest BCUT2D eigenvalue weighted by molar-refractivity contribution is 6.11. The van der Waals surface area contributed by atoms with Crippen molar-refractivity contribution in [2.24, 2.45) is 0 Å². The maximum Gasteiger partial charge on any atom is 0.262 e. The highest BCUT2D eigenvalue weighted by Crippen LogP contribution is 2.34. The Morgan fingerprint density at radius 2 is 0.612 bits per heavy atom. The van der Waals surface area contributed by atoms with Crippen molar-refractivity contribution in [3.63, 3.8) is 0 Å². The van der Waals surface area contributed by atoms with Gasteiger partial charge in [0, 0.05) is 35.2 Å². The number of nitrogens with zero attached hydrogens (tertiary/aromatic N) is 2. The molecule has 0 atom stereocenters. The van der Waals surface area contributed by atoms with Gasteiger partial charge in [-0.15, -0.1) is 0 Å². The molecular weight excluding hydrogens is 601 g/mol. The van der Waals surface area contributed by atoms with E-state index < -0.39 is 0 Å². The molecule has 7 aromatic rings. The maximum absolute atomic E-state index is 14.0. The van der Waals surface area contributed by atoms with Crippen molar-refractivity contribution in [2.75, 3.05) is 9.80 Å². The first-order chi connectivity index (χ1) is 24.0. The lowest BCUT2D eigenvalue weighted by Crippen LogP contribution is -2.25. The van der Waals surface area contributed by atoms with Crippen molar-refractivity contribution in [3.05, 3.63) is 194 Å². The molecule has 0 saturated heterocycles. The zero-order valence-corrected chi connectivity index (χ0v) is 27.1. The van der Waals surface area contributed by atoms with Gasteiger partial charge >= 0.3 is 0 Å². The van der Waals surface area contributed by atoms with Crippen LogP contribution in [-0.4, -0.2) is 11.8 Å². The number of carbonyl (C=O) groups is 2. The minimum atomic E-state index is -0.108. The largest absolute Gasteiger partial charge is 0.281 e. The molecule has 0 aliphatic carbocycles. The first-order valence-electron chi connectivity index (χ1n) is 16.3. The van der Waals surface area contributed by atoms with Crippen LogP contribution in [0.1, 0.15) is 17.3 Å². The summed E-state index contributed by atoms with van der Waals surface area (Å²) in [7, 11) is 0. The molecule has 49 heavy (non-hydrogen) atoms. The molecule has 0 fully saturated rings. The number of hydrogen-bond donors (Lipinski definition) is 0. The number of hydrogen-bond acceptors (Lipinski definition) is 2. The molecule has 2 amide bonds. The van der Waals surface area contributed by atoms with Gasteiger partial charge in [0.05, 0.1) is 0 Å². The highest BCUT2D eigenvalue weighted by Gasteiger charge is 2.20. The summed E-state index contributed by atoms with van der Waals surface area (Å²) in [6.07, 6.45) is 0. The van der Waals surface area contributed by atoms with Crippen LogP contribution in [-0.2, 0) is 4.79 Å². The van der Waals surface area contributed by atoms with Crippen LogP contribution in [0, 0.1) is 0 Å². The fourth-order valence-corrected chi connectivity index (χ4v) is 6.08. The lowest BCUT2D eigenvalue weighted by Gasteiger charge is -2.24. The van der Waals surface area contributed by atoms with E-state index >= 15 is 0 Å². The summed E-state index contributed by atoms with van der Waals surface area (Å²) in [6, 6.07) is 62.0. The van der Waals surface area contributed by atoms with Gasteiger partial charge < -0.3 is 0 Å². The zero-order valence-electron chi connectivity index (χ0n) is 27.1. The first-order valence-corrected chi connectivity index (χ1v) is 16.3. The Kier molecular flexibility index (Phi) is 8.94. The van der Waals surface area contributed by atoms with E-state index in [1.165, 1.54) is 11.1 Å². The Morgan fingerprint density at radius 3 is 1.00 bits per heavy atom. The van der Waals surface area contributed by atoms with Crippen molar-refractivity contribution in [3.8, 4) is 33.4 Å². The molecule has 0 aromatic heterocycles. The third-order valence-corrected chi connectivity index (χ3v) is 8.59. The second-order valence-electron chi connectivity index (χ2n) is 11.8. The molecule has 7 rings (SSSR count). The van der Waals surface area contributed by atoms with Gasteiger partial charge in [0.2, 0.25) is 5.91 Å². The summed E-state index contributed by atoms with van der Waals surface area (Å²) in [5.41, 5.74) is 10.3. The van der Waals surface area contributed by atoms with E-state index in [4.69, 9.17) is 0 Å². The number of rotatable bonds is 8. The van der Waals surface area contributed by atoms with Crippen molar-refractivity contribution < 1.29 is 9.59 Å². The molecule has 7 aromatic carbocycles. The lowest BCUT2D eigenvalue weighted by atomic mass is 10.00. The molecule has 0 radical (unpaired) electrons. The molecule has 0 aliphatic heterocycles. The summed E-state index contributed by atoms with van der Waals surface area (Å²) < 4.78 is 0. The van der Waals surface area contributed by atoms with Gasteiger partial charge in [-0.2, -0.15) is 0 Å². The summed E-state index contributed by atoms with van der Waals surface area (Å²) in [5, 5.41) is 0. The molecule has 4 nitrogen and oxygen atoms in total. The topological polar surface area (TPSA) is 40.6 Å². The summed E-state index contributed by atoms with van der Waals surface area (Å²) in [5.74, 6) is -0.164. The van der Waals surface area contributed by atoms with Gasteiger partial charge in [-0.1, -0.05) is 127 Å². The molecule has 4 heteroatoms. The molecule has 0 saturated carbocycles. The predicted octanol–water partition coefficient (Wildman–Crippen LogP) is 11.4. The van der Waals surface area contributed by atoms with Crippen LogP contribution in [0.25, 0.3) is 33.4 Å². The van der Waals surface area contributed by atoms with Crippen LogP contribution in [0.3, 0.4) is 0 Å². The van der Waals surface area contributed by atoms with E-state index in [2.05, 4.69) is 48.5 Å². The third kappa shape index (κ3) is 6.80. The second kappa shape index (κ2) is 14.1. The zero-order chi connectivity index (χ0) is 33.6. The quantitative estimate of drug-likeness (QED) is 0.167. The van der Waals surface area contributed by atoms with Crippen LogP contribution >= 0.6 is 0 Å². The normalized spacial score (nSPS) is 10.7.